The average molecular weight is 296 g/mol. The maximum Gasteiger partial charge on any atom is 0.314 e. The minimum atomic E-state index is -0.529. The minimum absolute atomic E-state index is 0.162. The van der Waals surface area contributed by atoms with E-state index in [4.69, 9.17) is 4.74 Å². The maximum atomic E-state index is 11.6. The summed E-state index contributed by atoms with van der Waals surface area (Å²) in [6.07, 6.45) is 13.0. The number of rotatable bonds is 11. The average Bonchev–Trinajstić information content (AvgIpc) is 2.34. The molecule has 0 bridgehead atoms. The van der Waals surface area contributed by atoms with E-state index >= 15 is 0 Å². The van der Waals surface area contributed by atoms with Crippen LogP contribution >= 0.6 is 0 Å². The minimum Gasteiger partial charge on any atom is -0.460 e. The molecule has 0 aliphatic rings. The fraction of sp³-hybridized carbons (Fsp3) is 0.778. The van der Waals surface area contributed by atoms with Crippen LogP contribution in [0.15, 0.2) is 12.2 Å². The number of carbonyl (C=O) groups excluding carboxylic acids is 2. The van der Waals surface area contributed by atoms with Crippen LogP contribution in [0.4, 0.5) is 0 Å². The molecule has 0 spiro atoms. The molecule has 0 heterocycles. The molecule has 0 aromatic rings. The Morgan fingerprint density at radius 1 is 0.952 bits per heavy atom. The number of unbranched alkanes of at least 4 members (excludes halogenated alkanes) is 7. The highest BCUT2D eigenvalue weighted by Crippen LogP contribution is 2.10. The number of ketones is 1. The summed E-state index contributed by atoms with van der Waals surface area (Å²) in [5, 5.41) is 0. The molecule has 0 fully saturated rings. The van der Waals surface area contributed by atoms with Gasteiger partial charge in [0.1, 0.15) is 12.0 Å². The van der Waals surface area contributed by atoms with Crippen molar-refractivity contribution < 1.29 is 14.3 Å². The number of esters is 1. The molecule has 0 unspecified atom stereocenters. The van der Waals surface area contributed by atoms with Gasteiger partial charge in [-0.25, -0.2) is 0 Å². The molecule has 0 aliphatic heterocycles. The van der Waals surface area contributed by atoms with Gasteiger partial charge in [-0.2, -0.15) is 0 Å². The Hall–Kier alpha value is -1.12. The third-order valence-electron chi connectivity index (χ3n) is 3.02. The Morgan fingerprint density at radius 3 is 2.10 bits per heavy atom. The van der Waals surface area contributed by atoms with Crippen molar-refractivity contribution in [1.82, 2.24) is 0 Å². The first-order chi connectivity index (χ1) is 9.85. The molecule has 0 N–H and O–H groups in total. The molecule has 21 heavy (non-hydrogen) atoms. The summed E-state index contributed by atoms with van der Waals surface area (Å²) in [5.41, 5.74) is -0.529. The zero-order chi connectivity index (χ0) is 16.1. The zero-order valence-electron chi connectivity index (χ0n) is 14.2. The van der Waals surface area contributed by atoms with Gasteiger partial charge in [-0.05, 0) is 39.7 Å². The Morgan fingerprint density at radius 2 is 1.52 bits per heavy atom. The Balaban J connectivity index is 3.60. The van der Waals surface area contributed by atoms with Gasteiger partial charge in [0.2, 0.25) is 0 Å². The van der Waals surface area contributed by atoms with E-state index in [0.717, 1.165) is 12.8 Å². The van der Waals surface area contributed by atoms with Gasteiger partial charge in [0.05, 0.1) is 0 Å². The van der Waals surface area contributed by atoms with Gasteiger partial charge < -0.3 is 4.74 Å². The monoisotopic (exact) mass is 296 g/mol. The smallest absolute Gasteiger partial charge is 0.314 e. The number of hydrogen-bond acceptors (Lipinski definition) is 3. The molecule has 0 aromatic carbocycles. The lowest BCUT2D eigenvalue weighted by Crippen LogP contribution is -2.24. The second-order valence-electron chi connectivity index (χ2n) is 6.54. The van der Waals surface area contributed by atoms with Crippen LogP contribution in [0.25, 0.3) is 0 Å². The molecule has 0 rings (SSSR count). The molecule has 3 nitrogen and oxygen atoms in total. The van der Waals surface area contributed by atoms with E-state index in [1.54, 1.807) is 20.8 Å². The molecule has 0 aliphatic carbocycles. The van der Waals surface area contributed by atoms with Crippen LogP contribution in [0.1, 0.15) is 85.5 Å². The third kappa shape index (κ3) is 15.1. The van der Waals surface area contributed by atoms with Crippen LogP contribution in [0, 0.1) is 0 Å². The van der Waals surface area contributed by atoms with Crippen molar-refractivity contribution in [2.24, 2.45) is 0 Å². The van der Waals surface area contributed by atoms with E-state index in [1.807, 2.05) is 6.08 Å². The van der Waals surface area contributed by atoms with Gasteiger partial charge in [-0.1, -0.05) is 51.5 Å². The summed E-state index contributed by atoms with van der Waals surface area (Å²) in [4.78, 5) is 23.0. The van der Waals surface area contributed by atoms with Crippen LogP contribution in [-0.4, -0.2) is 17.4 Å². The maximum absolute atomic E-state index is 11.6. The van der Waals surface area contributed by atoms with Crippen molar-refractivity contribution in [3.8, 4) is 0 Å². The first-order valence-electron chi connectivity index (χ1n) is 8.26. The van der Waals surface area contributed by atoms with Gasteiger partial charge in [0, 0.05) is 0 Å². The van der Waals surface area contributed by atoms with E-state index in [-0.39, 0.29) is 12.2 Å². The summed E-state index contributed by atoms with van der Waals surface area (Å²) >= 11 is 0. The van der Waals surface area contributed by atoms with Crippen LogP contribution in [0.5, 0.6) is 0 Å². The number of carbonyl (C=O) groups is 2. The van der Waals surface area contributed by atoms with E-state index in [2.05, 4.69) is 6.92 Å². The van der Waals surface area contributed by atoms with E-state index < -0.39 is 11.6 Å². The lowest BCUT2D eigenvalue weighted by Gasteiger charge is -2.18. The summed E-state index contributed by atoms with van der Waals surface area (Å²) < 4.78 is 5.11. The van der Waals surface area contributed by atoms with Crippen LogP contribution in [0.3, 0.4) is 0 Å². The quantitative estimate of drug-likeness (QED) is 0.234. The molecule has 0 saturated heterocycles. The first kappa shape index (κ1) is 19.9. The fourth-order valence-corrected chi connectivity index (χ4v) is 2.01. The Kier molecular flexibility index (Phi) is 10.9. The predicted octanol–water partition coefficient (Wildman–Crippen LogP) is 4.98. The van der Waals surface area contributed by atoms with E-state index in [9.17, 15) is 9.59 Å². The van der Waals surface area contributed by atoms with E-state index in [0.29, 0.717) is 0 Å². The van der Waals surface area contributed by atoms with Gasteiger partial charge in [0.25, 0.3) is 0 Å². The molecular weight excluding hydrogens is 264 g/mol. The molecule has 0 atom stereocenters. The molecule has 0 aromatic heterocycles. The van der Waals surface area contributed by atoms with Crippen molar-refractivity contribution in [2.75, 3.05) is 0 Å². The number of hydrogen-bond donors (Lipinski definition) is 0. The number of ether oxygens (including phenoxy) is 1. The van der Waals surface area contributed by atoms with Gasteiger partial charge in [0.15, 0.2) is 5.78 Å². The molecular formula is C18H32O3. The Bertz CT molecular complexity index is 324. The third-order valence-corrected chi connectivity index (χ3v) is 3.02. The predicted molar refractivity (Wildman–Crippen MR) is 87.2 cm³/mol. The van der Waals surface area contributed by atoms with Crippen molar-refractivity contribution in [3.05, 3.63) is 12.2 Å². The molecule has 0 amide bonds. The lowest BCUT2D eigenvalue weighted by molar-refractivity contribution is -0.155. The van der Waals surface area contributed by atoms with Gasteiger partial charge in [-0.3, -0.25) is 9.59 Å². The van der Waals surface area contributed by atoms with Gasteiger partial charge in [-0.15, -0.1) is 0 Å². The fourth-order valence-electron chi connectivity index (χ4n) is 2.01. The second-order valence-corrected chi connectivity index (χ2v) is 6.54. The molecule has 0 saturated carbocycles. The topological polar surface area (TPSA) is 43.4 Å². The highest BCUT2D eigenvalue weighted by Gasteiger charge is 2.17. The summed E-state index contributed by atoms with van der Waals surface area (Å²) in [6.45, 7) is 7.61. The lowest BCUT2D eigenvalue weighted by atomic mass is 10.1. The standard InChI is InChI=1S/C18H32O3/c1-5-6-7-8-9-10-11-12-13-14-16(19)15-17(20)21-18(2,3)4/h13-14H,5-12,15H2,1-4H3. The van der Waals surface area contributed by atoms with Crippen molar-refractivity contribution in [3.63, 3.8) is 0 Å². The van der Waals surface area contributed by atoms with E-state index in [1.165, 1.54) is 44.6 Å². The van der Waals surface area contributed by atoms with Crippen LogP contribution in [-0.2, 0) is 14.3 Å². The Labute approximate surface area is 130 Å². The molecule has 122 valence electrons. The first-order valence-corrected chi connectivity index (χ1v) is 8.26. The summed E-state index contributed by atoms with van der Waals surface area (Å²) in [6, 6.07) is 0. The molecule has 3 heteroatoms. The summed E-state index contributed by atoms with van der Waals surface area (Å²) in [7, 11) is 0. The highest BCUT2D eigenvalue weighted by atomic mass is 16.6. The van der Waals surface area contributed by atoms with Crippen LogP contribution in [0.2, 0.25) is 0 Å². The second kappa shape index (κ2) is 11.5. The SMILES string of the molecule is CCCCCCCCCC=CC(=O)CC(=O)OC(C)(C)C. The largest absolute Gasteiger partial charge is 0.460 e. The zero-order valence-corrected chi connectivity index (χ0v) is 14.2. The number of allylic oxidation sites excluding steroid dienone is 2. The highest BCUT2D eigenvalue weighted by molar-refractivity contribution is 6.01. The van der Waals surface area contributed by atoms with Crippen molar-refractivity contribution >= 4 is 11.8 Å². The van der Waals surface area contributed by atoms with Crippen molar-refractivity contribution in [1.29, 1.82) is 0 Å². The normalized spacial score (nSPS) is 11.8. The van der Waals surface area contributed by atoms with Crippen molar-refractivity contribution in [2.45, 2.75) is 91.1 Å². The summed E-state index contributed by atoms with van der Waals surface area (Å²) in [5.74, 6) is -0.625. The molecule has 0 radical (unpaired) electrons. The van der Waals surface area contributed by atoms with Crippen LogP contribution < -0.4 is 0 Å². The van der Waals surface area contributed by atoms with Gasteiger partial charge >= 0.3 is 5.97 Å².